The van der Waals surface area contributed by atoms with E-state index in [-0.39, 0.29) is 5.91 Å². The van der Waals surface area contributed by atoms with E-state index in [0.29, 0.717) is 6.54 Å². The van der Waals surface area contributed by atoms with Crippen molar-refractivity contribution in [3.8, 4) is 5.75 Å². The summed E-state index contributed by atoms with van der Waals surface area (Å²) in [5.74, 6) is 0.740. The van der Waals surface area contributed by atoms with E-state index in [1.807, 2.05) is 55.9 Å². The van der Waals surface area contributed by atoms with Gasteiger partial charge in [0, 0.05) is 30.9 Å². The molecule has 0 aliphatic heterocycles. The van der Waals surface area contributed by atoms with Gasteiger partial charge in [0.1, 0.15) is 5.75 Å². The molecule has 0 atom stereocenters. The van der Waals surface area contributed by atoms with Gasteiger partial charge in [-0.1, -0.05) is 12.1 Å². The SMILES string of the molecule is COc1ccc(CCNC(=O)/C=C/c2c(C)nn(C)c2C)cc1. The zero-order valence-corrected chi connectivity index (χ0v) is 14.1. The smallest absolute Gasteiger partial charge is 0.244 e. The van der Waals surface area contributed by atoms with Gasteiger partial charge in [0.15, 0.2) is 0 Å². The number of nitrogens with one attached hydrogen (secondary N) is 1. The van der Waals surface area contributed by atoms with Crippen molar-refractivity contribution in [3.63, 3.8) is 0 Å². The third-order valence-corrected chi connectivity index (χ3v) is 3.84. The number of benzene rings is 1. The molecule has 2 aromatic rings. The third-order valence-electron chi connectivity index (χ3n) is 3.84. The molecule has 1 aromatic heterocycles. The van der Waals surface area contributed by atoms with Crippen LogP contribution in [0.4, 0.5) is 0 Å². The highest BCUT2D eigenvalue weighted by molar-refractivity contribution is 5.91. The van der Waals surface area contributed by atoms with Gasteiger partial charge in [-0.15, -0.1) is 0 Å². The number of amides is 1. The number of carbonyl (C=O) groups excluding carboxylic acids is 1. The monoisotopic (exact) mass is 313 g/mol. The molecule has 1 aromatic carbocycles. The minimum Gasteiger partial charge on any atom is -0.497 e. The molecule has 1 N–H and O–H groups in total. The zero-order chi connectivity index (χ0) is 16.8. The van der Waals surface area contributed by atoms with Crippen molar-refractivity contribution in [2.75, 3.05) is 13.7 Å². The lowest BCUT2D eigenvalue weighted by atomic mass is 10.1. The maximum absolute atomic E-state index is 11.9. The molecule has 1 heterocycles. The van der Waals surface area contributed by atoms with Crippen LogP contribution in [0.3, 0.4) is 0 Å². The van der Waals surface area contributed by atoms with E-state index in [1.54, 1.807) is 13.2 Å². The molecule has 5 heteroatoms. The van der Waals surface area contributed by atoms with E-state index < -0.39 is 0 Å². The fourth-order valence-corrected chi connectivity index (χ4v) is 2.37. The van der Waals surface area contributed by atoms with Crippen LogP contribution in [-0.2, 0) is 18.3 Å². The fraction of sp³-hybridized carbons (Fsp3) is 0.333. The molecular weight excluding hydrogens is 290 g/mol. The number of nitrogens with zero attached hydrogens (tertiary/aromatic N) is 2. The van der Waals surface area contributed by atoms with Gasteiger partial charge < -0.3 is 10.1 Å². The van der Waals surface area contributed by atoms with Gasteiger partial charge in [-0.05, 0) is 44.0 Å². The summed E-state index contributed by atoms with van der Waals surface area (Å²) in [6.07, 6.45) is 4.17. The normalized spacial score (nSPS) is 11.0. The molecule has 0 fully saturated rings. The lowest BCUT2D eigenvalue weighted by molar-refractivity contribution is -0.116. The Bertz CT molecular complexity index is 700. The minimum atomic E-state index is -0.0961. The predicted molar refractivity (Wildman–Crippen MR) is 91.4 cm³/mol. The fourth-order valence-electron chi connectivity index (χ4n) is 2.37. The first kappa shape index (κ1) is 16.8. The Morgan fingerprint density at radius 1 is 1.30 bits per heavy atom. The average Bonchev–Trinajstić information content (AvgIpc) is 2.79. The lowest BCUT2D eigenvalue weighted by Gasteiger charge is -2.04. The van der Waals surface area contributed by atoms with Crippen molar-refractivity contribution in [3.05, 3.63) is 52.9 Å². The summed E-state index contributed by atoms with van der Waals surface area (Å²) in [5, 5.41) is 7.22. The Morgan fingerprint density at radius 3 is 2.57 bits per heavy atom. The first-order valence-corrected chi connectivity index (χ1v) is 7.60. The molecule has 0 unspecified atom stereocenters. The molecule has 122 valence electrons. The molecule has 0 bridgehead atoms. The number of carbonyl (C=O) groups is 1. The summed E-state index contributed by atoms with van der Waals surface area (Å²) in [6, 6.07) is 7.85. The van der Waals surface area contributed by atoms with E-state index in [0.717, 1.165) is 34.7 Å². The summed E-state index contributed by atoms with van der Waals surface area (Å²) < 4.78 is 6.94. The predicted octanol–water partition coefficient (Wildman–Crippen LogP) is 2.42. The highest BCUT2D eigenvalue weighted by Gasteiger charge is 2.06. The van der Waals surface area contributed by atoms with Crippen LogP contribution < -0.4 is 10.1 Å². The van der Waals surface area contributed by atoms with Crippen molar-refractivity contribution in [1.82, 2.24) is 15.1 Å². The van der Waals surface area contributed by atoms with Crippen molar-refractivity contribution < 1.29 is 9.53 Å². The largest absolute Gasteiger partial charge is 0.497 e. The molecular formula is C18H23N3O2. The Balaban J connectivity index is 1.83. The van der Waals surface area contributed by atoms with Crippen LogP contribution >= 0.6 is 0 Å². The van der Waals surface area contributed by atoms with Crippen molar-refractivity contribution in [2.45, 2.75) is 20.3 Å². The van der Waals surface area contributed by atoms with Crippen LogP contribution in [0.25, 0.3) is 6.08 Å². The maximum atomic E-state index is 11.9. The number of aryl methyl sites for hydroxylation is 2. The highest BCUT2D eigenvalue weighted by atomic mass is 16.5. The van der Waals surface area contributed by atoms with Crippen LogP contribution in [-0.4, -0.2) is 29.3 Å². The summed E-state index contributed by atoms with van der Waals surface area (Å²) in [6.45, 7) is 4.52. The number of aromatic nitrogens is 2. The number of hydrogen-bond donors (Lipinski definition) is 1. The second-order valence-electron chi connectivity index (χ2n) is 5.43. The van der Waals surface area contributed by atoms with E-state index >= 15 is 0 Å². The van der Waals surface area contributed by atoms with Crippen LogP contribution in [0.2, 0.25) is 0 Å². The molecule has 0 spiro atoms. The minimum absolute atomic E-state index is 0.0961. The van der Waals surface area contributed by atoms with Crippen molar-refractivity contribution >= 4 is 12.0 Å². The van der Waals surface area contributed by atoms with Crippen molar-refractivity contribution in [2.24, 2.45) is 7.05 Å². The Labute approximate surface area is 137 Å². The molecule has 0 saturated carbocycles. The van der Waals surface area contributed by atoms with Crippen LogP contribution in [0.1, 0.15) is 22.5 Å². The van der Waals surface area contributed by atoms with Gasteiger partial charge in [0.05, 0.1) is 12.8 Å². The average molecular weight is 313 g/mol. The van der Waals surface area contributed by atoms with Gasteiger partial charge in [0.2, 0.25) is 5.91 Å². The number of rotatable bonds is 6. The second kappa shape index (κ2) is 7.63. The van der Waals surface area contributed by atoms with E-state index in [4.69, 9.17) is 4.74 Å². The van der Waals surface area contributed by atoms with Gasteiger partial charge in [-0.25, -0.2) is 0 Å². The van der Waals surface area contributed by atoms with Gasteiger partial charge in [0.25, 0.3) is 0 Å². The Morgan fingerprint density at radius 2 is 2.00 bits per heavy atom. The number of hydrogen-bond acceptors (Lipinski definition) is 3. The Kier molecular flexibility index (Phi) is 5.57. The molecule has 0 radical (unpaired) electrons. The van der Waals surface area contributed by atoms with E-state index in [2.05, 4.69) is 10.4 Å². The van der Waals surface area contributed by atoms with E-state index in [1.165, 1.54) is 0 Å². The summed E-state index contributed by atoms with van der Waals surface area (Å²) in [5.41, 5.74) is 4.13. The summed E-state index contributed by atoms with van der Waals surface area (Å²) in [7, 11) is 3.54. The first-order chi connectivity index (χ1) is 11.0. The maximum Gasteiger partial charge on any atom is 0.244 e. The molecule has 5 nitrogen and oxygen atoms in total. The lowest BCUT2D eigenvalue weighted by Crippen LogP contribution is -2.23. The third kappa shape index (κ3) is 4.45. The molecule has 1 amide bonds. The summed E-state index contributed by atoms with van der Waals surface area (Å²) >= 11 is 0. The zero-order valence-electron chi connectivity index (χ0n) is 14.1. The van der Waals surface area contributed by atoms with Gasteiger partial charge in [-0.3, -0.25) is 9.48 Å². The Hall–Kier alpha value is -2.56. The second-order valence-corrected chi connectivity index (χ2v) is 5.43. The molecule has 2 rings (SSSR count). The quantitative estimate of drug-likeness (QED) is 0.833. The van der Waals surface area contributed by atoms with Crippen molar-refractivity contribution in [1.29, 1.82) is 0 Å². The summed E-state index contributed by atoms with van der Waals surface area (Å²) in [4.78, 5) is 11.9. The van der Waals surface area contributed by atoms with Gasteiger partial charge >= 0.3 is 0 Å². The standard InChI is InChI=1S/C18H23N3O2/c1-13-17(14(2)21(3)20-13)9-10-18(22)19-12-11-15-5-7-16(23-4)8-6-15/h5-10H,11-12H2,1-4H3,(H,19,22)/b10-9+. The van der Waals surface area contributed by atoms with Crippen LogP contribution in [0.15, 0.2) is 30.3 Å². The topological polar surface area (TPSA) is 56.1 Å². The molecule has 0 aliphatic carbocycles. The molecule has 0 aliphatic rings. The van der Waals surface area contributed by atoms with Crippen LogP contribution in [0.5, 0.6) is 5.75 Å². The molecule has 0 saturated heterocycles. The number of methoxy groups -OCH3 is 1. The highest BCUT2D eigenvalue weighted by Crippen LogP contribution is 2.13. The molecule has 23 heavy (non-hydrogen) atoms. The van der Waals surface area contributed by atoms with E-state index in [9.17, 15) is 4.79 Å². The van der Waals surface area contributed by atoms with Crippen LogP contribution in [0, 0.1) is 13.8 Å². The first-order valence-electron chi connectivity index (χ1n) is 7.60. The van der Waals surface area contributed by atoms with Gasteiger partial charge in [-0.2, -0.15) is 5.10 Å². The number of ether oxygens (including phenoxy) is 1.